The van der Waals surface area contributed by atoms with Crippen molar-refractivity contribution in [3.8, 4) is 0 Å². The van der Waals surface area contributed by atoms with Gasteiger partial charge in [-0.15, -0.1) is 0 Å². The van der Waals surface area contributed by atoms with Crippen LogP contribution < -0.4 is 10.0 Å². The summed E-state index contributed by atoms with van der Waals surface area (Å²) in [5.41, 5.74) is -1.30. The van der Waals surface area contributed by atoms with Gasteiger partial charge in [0.25, 0.3) is 0 Å². The highest BCUT2D eigenvalue weighted by Crippen LogP contribution is 2.34. The van der Waals surface area contributed by atoms with Crippen LogP contribution in [0.1, 0.15) is 30.0 Å². The van der Waals surface area contributed by atoms with Crippen molar-refractivity contribution in [2.45, 2.75) is 37.0 Å². The van der Waals surface area contributed by atoms with Gasteiger partial charge in [0.1, 0.15) is 11.5 Å². The Balaban J connectivity index is 1.69. The average molecular weight is 490 g/mol. The fraction of sp³-hybridized carbons (Fsp3) is 0.476. The average Bonchev–Trinajstić information content (AvgIpc) is 3.19. The highest BCUT2D eigenvalue weighted by molar-refractivity contribution is 7.89. The van der Waals surface area contributed by atoms with E-state index < -0.39 is 38.6 Å². The second kappa shape index (κ2) is 10.2. The summed E-state index contributed by atoms with van der Waals surface area (Å²) in [5, 5.41) is 2.68. The third-order valence-electron chi connectivity index (χ3n) is 5.25. The van der Waals surface area contributed by atoms with E-state index >= 15 is 0 Å². The van der Waals surface area contributed by atoms with E-state index in [9.17, 15) is 26.4 Å². The van der Waals surface area contributed by atoms with Gasteiger partial charge in [-0.3, -0.25) is 9.69 Å². The first-order chi connectivity index (χ1) is 15.5. The number of morpholine rings is 1. The van der Waals surface area contributed by atoms with E-state index in [0.717, 1.165) is 12.1 Å². The smallest absolute Gasteiger partial charge is 0.417 e. The first-order valence-corrected chi connectivity index (χ1v) is 11.8. The number of amides is 1. The minimum Gasteiger partial charge on any atom is -0.465 e. The molecule has 0 radical (unpaired) electrons. The van der Waals surface area contributed by atoms with Crippen LogP contribution in [-0.2, 0) is 25.7 Å². The zero-order valence-electron chi connectivity index (χ0n) is 18.2. The van der Waals surface area contributed by atoms with Crippen molar-refractivity contribution in [1.82, 2.24) is 14.9 Å². The highest BCUT2D eigenvalue weighted by atomic mass is 32.2. The summed E-state index contributed by atoms with van der Waals surface area (Å²) in [7, 11) is -4.60. The quantitative estimate of drug-likeness (QED) is 0.591. The van der Waals surface area contributed by atoms with Crippen molar-refractivity contribution in [3.05, 3.63) is 53.5 Å². The molecule has 2 aromatic rings. The van der Waals surface area contributed by atoms with Gasteiger partial charge in [-0.2, -0.15) is 17.9 Å². The number of ether oxygens (including phenoxy) is 1. The normalized spacial score (nSPS) is 17.5. The van der Waals surface area contributed by atoms with Crippen LogP contribution in [0, 0.1) is 6.92 Å². The molecule has 2 atom stereocenters. The Hall–Kier alpha value is -2.41. The molecule has 1 fully saturated rings. The maximum Gasteiger partial charge on any atom is 0.417 e. The van der Waals surface area contributed by atoms with Crippen LogP contribution in [0.2, 0.25) is 0 Å². The molecule has 0 aliphatic carbocycles. The Morgan fingerprint density at radius 2 is 1.82 bits per heavy atom. The number of sulfonamides is 1. The Kier molecular flexibility index (Phi) is 7.83. The Morgan fingerprint density at radius 3 is 2.42 bits per heavy atom. The number of hydrogen-bond donors (Lipinski definition) is 2. The highest BCUT2D eigenvalue weighted by Gasteiger charge is 2.37. The molecule has 1 aromatic heterocycles. The third kappa shape index (κ3) is 6.34. The van der Waals surface area contributed by atoms with Gasteiger partial charge in [-0.25, -0.2) is 8.42 Å². The second-order valence-electron chi connectivity index (χ2n) is 7.69. The molecule has 2 heterocycles. The number of carbonyl (C=O) groups is 1. The standard InChI is InChI=1S/C21H26F3N3O5S/c1-14-7-8-18(32-14)17(27-9-11-31-12-10-27)13-25-20(28)15(2)26-33(29,30)19-6-4-3-5-16(19)21(22,23)24/h3-8,15,17,26H,9-13H2,1-2H3,(H,25,28)/t15-,17?/m0/s1. The topological polar surface area (TPSA) is 101 Å². The lowest BCUT2D eigenvalue weighted by Crippen LogP contribution is -2.48. The van der Waals surface area contributed by atoms with Gasteiger partial charge in [0.15, 0.2) is 0 Å². The van der Waals surface area contributed by atoms with Crippen LogP contribution in [0.5, 0.6) is 0 Å². The molecular formula is C21H26F3N3O5S. The zero-order valence-corrected chi connectivity index (χ0v) is 19.0. The predicted octanol–water partition coefficient (Wildman–Crippen LogP) is 2.46. The number of aryl methyl sites for hydroxylation is 1. The van der Waals surface area contributed by atoms with E-state index in [1.807, 2.05) is 10.8 Å². The lowest BCUT2D eigenvalue weighted by molar-refractivity contribution is -0.139. The zero-order chi connectivity index (χ0) is 24.2. The first-order valence-electron chi connectivity index (χ1n) is 10.3. The van der Waals surface area contributed by atoms with Crippen molar-refractivity contribution >= 4 is 15.9 Å². The molecule has 0 bridgehead atoms. The Labute approximate surface area is 190 Å². The molecule has 1 amide bonds. The molecule has 33 heavy (non-hydrogen) atoms. The van der Waals surface area contributed by atoms with Gasteiger partial charge in [-0.1, -0.05) is 12.1 Å². The van der Waals surface area contributed by atoms with Crippen LogP contribution in [0.25, 0.3) is 0 Å². The molecule has 1 aliphatic rings. The van der Waals surface area contributed by atoms with Gasteiger partial charge in [0.05, 0.1) is 35.8 Å². The third-order valence-corrected chi connectivity index (χ3v) is 6.85. The Bertz CT molecular complexity index is 1070. The number of benzene rings is 1. The van der Waals surface area contributed by atoms with Crippen LogP contribution in [0.4, 0.5) is 13.2 Å². The number of halogens is 3. The van der Waals surface area contributed by atoms with Crippen molar-refractivity contribution in [1.29, 1.82) is 0 Å². The fourth-order valence-electron chi connectivity index (χ4n) is 3.57. The number of carbonyl (C=O) groups excluding carboxylic acids is 1. The molecule has 3 rings (SSSR count). The van der Waals surface area contributed by atoms with E-state index in [1.54, 1.807) is 13.0 Å². The molecule has 0 saturated carbocycles. The molecule has 182 valence electrons. The SMILES string of the molecule is Cc1ccc(C(CNC(=O)[C@H](C)NS(=O)(=O)c2ccccc2C(F)(F)F)N2CCOCC2)o1. The lowest BCUT2D eigenvalue weighted by Gasteiger charge is -2.33. The number of hydrogen-bond acceptors (Lipinski definition) is 6. The second-order valence-corrected chi connectivity index (χ2v) is 9.38. The van der Waals surface area contributed by atoms with E-state index in [4.69, 9.17) is 9.15 Å². The first kappa shape index (κ1) is 25.2. The van der Waals surface area contributed by atoms with E-state index in [-0.39, 0.29) is 12.6 Å². The van der Waals surface area contributed by atoms with E-state index in [2.05, 4.69) is 10.2 Å². The molecule has 1 saturated heterocycles. The molecule has 8 nitrogen and oxygen atoms in total. The largest absolute Gasteiger partial charge is 0.465 e. The van der Waals surface area contributed by atoms with Gasteiger partial charge in [0, 0.05) is 19.6 Å². The summed E-state index contributed by atoms with van der Waals surface area (Å²) in [4.78, 5) is 13.8. The van der Waals surface area contributed by atoms with Crippen LogP contribution in [0.15, 0.2) is 45.7 Å². The van der Waals surface area contributed by atoms with Crippen molar-refractivity contribution < 1.29 is 35.5 Å². The molecule has 0 spiro atoms. The molecular weight excluding hydrogens is 463 g/mol. The maximum atomic E-state index is 13.2. The van der Waals surface area contributed by atoms with E-state index in [0.29, 0.717) is 43.9 Å². The van der Waals surface area contributed by atoms with Gasteiger partial charge < -0.3 is 14.5 Å². The summed E-state index contributed by atoms with van der Waals surface area (Å²) < 4.78 is 78.0. The fourth-order valence-corrected chi connectivity index (χ4v) is 5.00. The summed E-state index contributed by atoms with van der Waals surface area (Å²) in [5.74, 6) is 0.672. The lowest BCUT2D eigenvalue weighted by atomic mass is 10.1. The number of alkyl halides is 3. The van der Waals surface area contributed by atoms with Crippen molar-refractivity contribution in [2.24, 2.45) is 0 Å². The predicted molar refractivity (Wildman–Crippen MR) is 113 cm³/mol. The number of rotatable bonds is 8. The Morgan fingerprint density at radius 1 is 1.15 bits per heavy atom. The minimum absolute atomic E-state index is 0.122. The van der Waals surface area contributed by atoms with Gasteiger partial charge in [-0.05, 0) is 38.1 Å². The summed E-state index contributed by atoms with van der Waals surface area (Å²) in [6.45, 7) is 5.49. The minimum atomic E-state index is -4.86. The number of nitrogens with one attached hydrogen (secondary N) is 2. The molecule has 1 aliphatic heterocycles. The summed E-state index contributed by atoms with van der Waals surface area (Å²) in [6, 6.07) is 5.82. The number of furan rings is 1. The van der Waals surface area contributed by atoms with Gasteiger partial charge >= 0.3 is 6.18 Å². The summed E-state index contributed by atoms with van der Waals surface area (Å²) >= 11 is 0. The van der Waals surface area contributed by atoms with Crippen molar-refractivity contribution in [2.75, 3.05) is 32.8 Å². The van der Waals surface area contributed by atoms with Crippen LogP contribution in [0.3, 0.4) is 0 Å². The number of nitrogens with zero attached hydrogens (tertiary/aromatic N) is 1. The van der Waals surface area contributed by atoms with Gasteiger partial charge in [0.2, 0.25) is 15.9 Å². The molecule has 2 N–H and O–H groups in total. The van der Waals surface area contributed by atoms with Crippen LogP contribution in [-0.4, -0.2) is 58.1 Å². The van der Waals surface area contributed by atoms with Crippen LogP contribution >= 0.6 is 0 Å². The monoisotopic (exact) mass is 489 g/mol. The van der Waals surface area contributed by atoms with Crippen molar-refractivity contribution in [3.63, 3.8) is 0 Å². The molecule has 1 aromatic carbocycles. The maximum absolute atomic E-state index is 13.2. The molecule has 12 heteroatoms. The van der Waals surface area contributed by atoms with E-state index in [1.165, 1.54) is 13.0 Å². The molecule has 1 unspecified atom stereocenters. The summed E-state index contributed by atoms with van der Waals surface area (Å²) in [6.07, 6.45) is -4.86.